The minimum Gasteiger partial charge on any atom is -0.280 e. The molecular weight excluding hydrogens is 120 g/mol. The van der Waals surface area contributed by atoms with Gasteiger partial charge in [-0.3, -0.25) is 24.3 Å². The van der Waals surface area contributed by atoms with Gasteiger partial charge in [-0.25, -0.2) is 12.1 Å². The Labute approximate surface area is 71.7 Å². The third-order valence-electron chi connectivity index (χ3n) is 0.889. The third kappa shape index (κ3) is 4.24. The summed E-state index contributed by atoms with van der Waals surface area (Å²) in [6.07, 6.45) is 0. The molecule has 0 heterocycles. The van der Waals surface area contributed by atoms with Crippen molar-refractivity contribution < 1.29 is 0 Å². The van der Waals surface area contributed by atoms with E-state index in [2.05, 4.69) is 0 Å². The van der Waals surface area contributed by atoms with Gasteiger partial charge in [-0.05, 0) is 0 Å². The molecule has 0 aromatic heterocycles. The van der Waals surface area contributed by atoms with Crippen molar-refractivity contribution in [2.45, 2.75) is 0 Å². The van der Waals surface area contributed by atoms with Crippen LogP contribution in [0.3, 0.4) is 0 Å². The van der Waals surface area contributed by atoms with Gasteiger partial charge in [-0.1, -0.05) is 0 Å². The van der Waals surface area contributed by atoms with Crippen molar-refractivity contribution in [2.75, 3.05) is 0 Å². The van der Waals surface area contributed by atoms with E-state index < -0.39 is 0 Å². The van der Waals surface area contributed by atoms with Crippen LogP contribution in [-0.2, 0) is 0 Å². The zero-order chi connectivity index (χ0) is 5.66. The van der Waals surface area contributed by atoms with Gasteiger partial charge < -0.3 is 0 Å². The van der Waals surface area contributed by atoms with E-state index in [1.165, 1.54) is 0 Å². The first-order valence-corrected chi connectivity index (χ1v) is 2.67. The summed E-state index contributed by atoms with van der Waals surface area (Å²) in [5, 5.41) is 0. The molecule has 0 atom stereocenters. The van der Waals surface area contributed by atoms with Crippen LogP contribution in [-0.4, -0.2) is 23.1 Å². The molecule has 0 saturated carbocycles. The molecule has 0 fully saturated rings. The topological polar surface area (TPSA) is 0 Å². The Kier molecular flexibility index (Phi) is 5.68. The maximum Gasteiger partial charge on any atom is 2.00 e. The molecule has 0 aliphatic carbocycles. The smallest absolute Gasteiger partial charge is 0.280 e. The fraction of sp³-hybridized carbons (Fsp3) is 0. The molecule has 0 N–H and O–H groups in total. The van der Waals surface area contributed by atoms with Gasteiger partial charge in [0, 0.05) is 0 Å². The minimum atomic E-state index is 0. The van der Waals surface area contributed by atoms with Crippen molar-refractivity contribution in [1.29, 1.82) is 0 Å². The monoisotopic (exact) mass is 128 g/mol. The molecule has 0 radical (unpaired) electrons. The fourth-order valence-corrected chi connectivity index (χ4v) is 0.513. The molecule has 0 spiro atoms. The SMILES string of the molecule is [Mg+2].c1ccc[cH-][cH-]cc1. The van der Waals surface area contributed by atoms with Crippen LogP contribution in [0, 0.1) is 0 Å². The molecule has 0 bridgehead atoms. The second-order valence-corrected chi connectivity index (χ2v) is 1.54. The molecule has 1 aromatic carbocycles. The quantitative estimate of drug-likeness (QED) is 0.370. The predicted molar refractivity (Wildman–Crippen MR) is 41.0 cm³/mol. The first kappa shape index (κ1) is 8.73. The van der Waals surface area contributed by atoms with Gasteiger partial charge in [0.1, 0.15) is 0 Å². The van der Waals surface area contributed by atoms with Crippen LogP contribution in [0.15, 0.2) is 48.5 Å². The largest absolute Gasteiger partial charge is 2.00 e. The van der Waals surface area contributed by atoms with Crippen LogP contribution in [0.4, 0.5) is 0 Å². The molecule has 0 aliphatic rings. The molecule has 0 saturated heterocycles. The average Bonchev–Trinajstić information content (AvgIpc) is 1.62. The fourth-order valence-electron chi connectivity index (χ4n) is 0.513. The van der Waals surface area contributed by atoms with Crippen LogP contribution >= 0.6 is 0 Å². The van der Waals surface area contributed by atoms with Crippen LogP contribution in [0.25, 0.3) is 0 Å². The molecule has 9 heavy (non-hydrogen) atoms. The van der Waals surface area contributed by atoms with Gasteiger partial charge in [-0.2, -0.15) is 0 Å². The third-order valence-corrected chi connectivity index (χ3v) is 0.889. The number of hydrogen-bond acceptors (Lipinski definition) is 0. The first-order valence-electron chi connectivity index (χ1n) is 2.67. The molecule has 0 amide bonds. The Bertz CT molecular complexity index is 109. The minimum absolute atomic E-state index is 0. The van der Waals surface area contributed by atoms with Gasteiger partial charge in [0.15, 0.2) is 0 Å². The normalized spacial score (nSPS) is 7.11. The zero-order valence-electron chi connectivity index (χ0n) is 5.33. The van der Waals surface area contributed by atoms with Crippen molar-refractivity contribution in [1.82, 2.24) is 0 Å². The van der Waals surface area contributed by atoms with Crippen LogP contribution in [0.2, 0.25) is 0 Å². The van der Waals surface area contributed by atoms with E-state index in [4.69, 9.17) is 0 Å². The first-order chi connectivity index (χ1) is 4.00. The summed E-state index contributed by atoms with van der Waals surface area (Å²) in [6, 6.07) is 16.0. The van der Waals surface area contributed by atoms with Gasteiger partial charge in [0.05, 0.1) is 0 Å². The van der Waals surface area contributed by atoms with Crippen molar-refractivity contribution in [3.63, 3.8) is 0 Å². The average molecular weight is 128 g/mol. The van der Waals surface area contributed by atoms with E-state index >= 15 is 0 Å². The maximum atomic E-state index is 2.00. The number of hydrogen-bond donors (Lipinski definition) is 0. The molecule has 42 valence electrons. The van der Waals surface area contributed by atoms with Crippen LogP contribution in [0.1, 0.15) is 0 Å². The van der Waals surface area contributed by atoms with Crippen molar-refractivity contribution in [2.24, 2.45) is 0 Å². The van der Waals surface area contributed by atoms with E-state index in [9.17, 15) is 0 Å². The Balaban J connectivity index is 0.000000640. The zero-order valence-corrected chi connectivity index (χ0v) is 6.74. The summed E-state index contributed by atoms with van der Waals surface area (Å²) in [5.74, 6) is 0. The van der Waals surface area contributed by atoms with E-state index in [0.717, 1.165) is 0 Å². The Morgan fingerprint density at radius 1 is 0.667 bits per heavy atom. The second kappa shape index (κ2) is 5.86. The maximum absolute atomic E-state index is 2.00. The Hall–Kier alpha value is -0.274. The van der Waals surface area contributed by atoms with Crippen molar-refractivity contribution >= 4 is 23.1 Å². The van der Waals surface area contributed by atoms with Gasteiger partial charge in [0.2, 0.25) is 0 Å². The van der Waals surface area contributed by atoms with E-state index in [1.807, 2.05) is 48.5 Å². The summed E-state index contributed by atoms with van der Waals surface area (Å²) < 4.78 is 0. The van der Waals surface area contributed by atoms with E-state index in [0.29, 0.717) is 0 Å². The van der Waals surface area contributed by atoms with Gasteiger partial charge in [0.25, 0.3) is 0 Å². The van der Waals surface area contributed by atoms with E-state index in [1.54, 1.807) is 0 Å². The summed E-state index contributed by atoms with van der Waals surface area (Å²) >= 11 is 0. The Morgan fingerprint density at radius 3 is 1.56 bits per heavy atom. The number of rotatable bonds is 0. The van der Waals surface area contributed by atoms with E-state index in [-0.39, 0.29) is 23.1 Å². The van der Waals surface area contributed by atoms with Gasteiger partial charge >= 0.3 is 23.1 Å². The molecule has 0 nitrogen and oxygen atoms in total. The second-order valence-electron chi connectivity index (χ2n) is 1.54. The standard InChI is InChI=1S/C8H8.Mg/c1-2-4-6-8-7-5-3-1;/h1-8H;/q-2;+2. The summed E-state index contributed by atoms with van der Waals surface area (Å²) in [4.78, 5) is 0. The molecule has 1 rings (SSSR count). The molecular formula is C8H8Mg. The van der Waals surface area contributed by atoms with Gasteiger partial charge in [-0.15, -0.1) is 12.1 Å². The van der Waals surface area contributed by atoms with Crippen molar-refractivity contribution in [3.8, 4) is 0 Å². The molecule has 0 unspecified atom stereocenters. The van der Waals surface area contributed by atoms with Crippen molar-refractivity contribution in [3.05, 3.63) is 48.5 Å². The summed E-state index contributed by atoms with van der Waals surface area (Å²) in [5.41, 5.74) is 0. The Morgan fingerprint density at radius 2 is 1.11 bits per heavy atom. The van der Waals surface area contributed by atoms with Crippen LogP contribution in [0.5, 0.6) is 0 Å². The molecule has 0 aliphatic heterocycles. The predicted octanol–water partition coefficient (Wildman–Crippen LogP) is 1.87. The molecule has 1 aromatic rings. The summed E-state index contributed by atoms with van der Waals surface area (Å²) in [7, 11) is 0. The van der Waals surface area contributed by atoms with Crippen LogP contribution < -0.4 is 0 Å². The summed E-state index contributed by atoms with van der Waals surface area (Å²) in [6.45, 7) is 0. The molecule has 1 heteroatoms.